The van der Waals surface area contributed by atoms with Gasteiger partial charge < -0.3 is 15.2 Å². The monoisotopic (exact) mass is 379 g/mol. The van der Waals surface area contributed by atoms with Gasteiger partial charge in [-0.05, 0) is 55.8 Å². The van der Waals surface area contributed by atoms with Gasteiger partial charge in [-0.3, -0.25) is 9.48 Å². The highest BCUT2D eigenvalue weighted by Gasteiger charge is 2.27. The van der Waals surface area contributed by atoms with E-state index in [9.17, 15) is 4.79 Å². The Hall–Kier alpha value is -2.74. The molecular formula is C20H25N7O. The standard InChI is InChI=1S/C20H25N7O/c28-20(18-13-27(25-24-18)12-15-3-1-7-21-15)26-9-5-14(6-10-26)17-11-23-19-16(17)4-2-8-22-19/h2,4,8,11,13-15,21H,1,3,5-7,9-10,12H2,(H,22,23). The summed E-state index contributed by atoms with van der Waals surface area (Å²) < 4.78 is 1.79. The highest BCUT2D eigenvalue weighted by Crippen LogP contribution is 2.32. The molecule has 0 spiro atoms. The quantitative estimate of drug-likeness (QED) is 0.723. The number of fused-ring (bicyclic) bond motifs is 1. The second-order valence-electron chi connectivity index (χ2n) is 7.83. The highest BCUT2D eigenvalue weighted by molar-refractivity contribution is 5.92. The van der Waals surface area contributed by atoms with Gasteiger partial charge >= 0.3 is 0 Å². The topological polar surface area (TPSA) is 91.7 Å². The summed E-state index contributed by atoms with van der Waals surface area (Å²) in [5.41, 5.74) is 2.70. The molecule has 28 heavy (non-hydrogen) atoms. The number of aromatic nitrogens is 5. The number of nitrogens with zero attached hydrogens (tertiary/aromatic N) is 5. The zero-order valence-corrected chi connectivity index (χ0v) is 15.8. The molecule has 1 atom stereocenters. The lowest BCUT2D eigenvalue weighted by atomic mass is 9.89. The number of amides is 1. The van der Waals surface area contributed by atoms with E-state index in [1.165, 1.54) is 17.4 Å². The van der Waals surface area contributed by atoms with E-state index in [-0.39, 0.29) is 5.91 Å². The summed E-state index contributed by atoms with van der Waals surface area (Å²) in [7, 11) is 0. The van der Waals surface area contributed by atoms with Gasteiger partial charge in [0.1, 0.15) is 5.65 Å². The number of nitrogens with one attached hydrogen (secondary N) is 2. The van der Waals surface area contributed by atoms with Crippen LogP contribution in [0.4, 0.5) is 0 Å². The largest absolute Gasteiger partial charge is 0.346 e. The molecule has 2 aliphatic heterocycles. The summed E-state index contributed by atoms with van der Waals surface area (Å²) in [6.07, 6.45) is 9.93. The molecule has 2 N–H and O–H groups in total. The maximum Gasteiger partial charge on any atom is 0.276 e. The molecule has 0 aliphatic carbocycles. The van der Waals surface area contributed by atoms with Crippen molar-refractivity contribution in [2.45, 2.75) is 44.2 Å². The van der Waals surface area contributed by atoms with Crippen molar-refractivity contribution in [2.75, 3.05) is 19.6 Å². The lowest BCUT2D eigenvalue weighted by Gasteiger charge is -2.31. The zero-order chi connectivity index (χ0) is 18.9. The minimum atomic E-state index is -0.00956. The number of pyridine rings is 1. The number of aromatic amines is 1. The van der Waals surface area contributed by atoms with Crippen molar-refractivity contribution in [3.63, 3.8) is 0 Å². The predicted molar refractivity (Wildman–Crippen MR) is 105 cm³/mol. The minimum absolute atomic E-state index is 0.00956. The van der Waals surface area contributed by atoms with Gasteiger partial charge in [0.25, 0.3) is 5.91 Å². The maximum absolute atomic E-state index is 12.8. The Kier molecular flexibility index (Phi) is 4.56. The van der Waals surface area contributed by atoms with Crippen LogP contribution in [0.15, 0.2) is 30.7 Å². The van der Waals surface area contributed by atoms with E-state index in [1.807, 2.05) is 11.0 Å². The van der Waals surface area contributed by atoms with Crippen LogP contribution in [-0.4, -0.2) is 61.4 Å². The van der Waals surface area contributed by atoms with Crippen LogP contribution < -0.4 is 5.32 Å². The van der Waals surface area contributed by atoms with Crippen LogP contribution in [0.5, 0.6) is 0 Å². The van der Waals surface area contributed by atoms with Crippen LogP contribution >= 0.6 is 0 Å². The van der Waals surface area contributed by atoms with Gasteiger partial charge in [-0.15, -0.1) is 5.10 Å². The Labute approximate surface area is 163 Å². The number of carbonyl (C=O) groups excluding carboxylic acids is 1. The fraction of sp³-hybridized carbons (Fsp3) is 0.500. The molecule has 8 nitrogen and oxygen atoms in total. The van der Waals surface area contributed by atoms with E-state index in [2.05, 4.69) is 37.9 Å². The van der Waals surface area contributed by atoms with E-state index < -0.39 is 0 Å². The summed E-state index contributed by atoms with van der Waals surface area (Å²) in [5, 5.41) is 12.9. The van der Waals surface area contributed by atoms with Crippen molar-refractivity contribution < 1.29 is 4.79 Å². The SMILES string of the molecule is O=C(c1cn(CC2CCCN2)nn1)N1CCC(c2c[nH]c3ncccc23)CC1. The Bertz CT molecular complexity index is 964. The number of likely N-dealkylation sites (tertiary alicyclic amines) is 1. The van der Waals surface area contributed by atoms with Gasteiger partial charge in [0.15, 0.2) is 5.69 Å². The van der Waals surface area contributed by atoms with E-state index in [4.69, 9.17) is 0 Å². The minimum Gasteiger partial charge on any atom is -0.346 e. The van der Waals surface area contributed by atoms with Crippen LogP contribution in [0, 0.1) is 0 Å². The normalized spacial score (nSPS) is 20.9. The van der Waals surface area contributed by atoms with Crippen LogP contribution in [0.3, 0.4) is 0 Å². The smallest absolute Gasteiger partial charge is 0.276 e. The van der Waals surface area contributed by atoms with Gasteiger partial charge in [0.05, 0.1) is 12.7 Å². The number of hydrogen-bond donors (Lipinski definition) is 2. The van der Waals surface area contributed by atoms with Gasteiger partial charge in [0.2, 0.25) is 0 Å². The van der Waals surface area contributed by atoms with Crippen molar-refractivity contribution in [1.29, 1.82) is 0 Å². The predicted octanol–water partition coefficient (Wildman–Crippen LogP) is 1.93. The number of rotatable bonds is 4. The van der Waals surface area contributed by atoms with E-state index in [0.717, 1.165) is 51.1 Å². The summed E-state index contributed by atoms with van der Waals surface area (Å²) in [6, 6.07) is 4.53. The van der Waals surface area contributed by atoms with Gasteiger partial charge in [-0.1, -0.05) is 5.21 Å². The second kappa shape index (κ2) is 7.35. The van der Waals surface area contributed by atoms with Crippen LogP contribution in [0.1, 0.15) is 47.7 Å². The van der Waals surface area contributed by atoms with E-state index >= 15 is 0 Å². The average Bonchev–Trinajstić information content (AvgIpc) is 3.49. The first kappa shape index (κ1) is 17.4. The molecule has 0 bridgehead atoms. The van der Waals surface area contributed by atoms with Gasteiger partial charge in [-0.2, -0.15) is 0 Å². The Balaban J connectivity index is 1.22. The number of carbonyl (C=O) groups is 1. The molecule has 3 aromatic heterocycles. The summed E-state index contributed by atoms with van der Waals surface area (Å²) >= 11 is 0. The number of piperidine rings is 1. The average molecular weight is 379 g/mol. The third-order valence-electron chi connectivity index (χ3n) is 6.03. The van der Waals surface area contributed by atoms with Crippen molar-refractivity contribution in [3.05, 3.63) is 42.0 Å². The molecule has 5 heterocycles. The molecule has 2 aliphatic rings. The van der Waals surface area contributed by atoms with Crippen LogP contribution in [-0.2, 0) is 6.54 Å². The van der Waals surface area contributed by atoms with Gasteiger partial charge in [-0.25, -0.2) is 4.98 Å². The molecule has 0 radical (unpaired) electrons. The molecule has 3 aromatic rings. The Morgan fingerprint density at radius 3 is 2.96 bits per heavy atom. The molecular weight excluding hydrogens is 354 g/mol. The van der Waals surface area contributed by atoms with Crippen molar-refractivity contribution >= 4 is 16.9 Å². The van der Waals surface area contributed by atoms with Crippen molar-refractivity contribution in [3.8, 4) is 0 Å². The maximum atomic E-state index is 12.8. The Morgan fingerprint density at radius 1 is 1.25 bits per heavy atom. The summed E-state index contributed by atoms with van der Waals surface area (Å²) in [4.78, 5) is 22.4. The molecule has 5 rings (SSSR count). The third kappa shape index (κ3) is 3.28. The van der Waals surface area contributed by atoms with Crippen LogP contribution in [0.25, 0.3) is 11.0 Å². The lowest BCUT2D eigenvalue weighted by molar-refractivity contribution is 0.0707. The third-order valence-corrected chi connectivity index (χ3v) is 6.03. The van der Waals surface area contributed by atoms with Crippen molar-refractivity contribution in [2.24, 2.45) is 0 Å². The van der Waals surface area contributed by atoms with Crippen molar-refractivity contribution in [1.82, 2.24) is 35.2 Å². The molecule has 2 saturated heterocycles. The lowest BCUT2D eigenvalue weighted by Crippen LogP contribution is -2.38. The first-order valence-corrected chi connectivity index (χ1v) is 10.1. The molecule has 146 valence electrons. The fourth-order valence-corrected chi connectivity index (χ4v) is 4.49. The van der Waals surface area contributed by atoms with E-state index in [0.29, 0.717) is 17.7 Å². The Morgan fingerprint density at radius 2 is 2.14 bits per heavy atom. The first-order valence-electron chi connectivity index (χ1n) is 10.1. The van der Waals surface area contributed by atoms with Crippen LogP contribution in [0.2, 0.25) is 0 Å². The molecule has 8 heteroatoms. The number of H-pyrrole nitrogens is 1. The molecule has 0 aromatic carbocycles. The summed E-state index contributed by atoms with van der Waals surface area (Å²) in [5.74, 6) is 0.441. The van der Waals surface area contributed by atoms with Gasteiger partial charge in [0, 0.05) is 36.9 Å². The van der Waals surface area contributed by atoms with E-state index in [1.54, 1.807) is 17.1 Å². The molecule has 2 fully saturated rings. The number of hydrogen-bond acceptors (Lipinski definition) is 5. The zero-order valence-electron chi connectivity index (χ0n) is 15.8. The molecule has 0 saturated carbocycles. The molecule has 1 amide bonds. The summed E-state index contributed by atoms with van der Waals surface area (Å²) in [6.45, 7) is 3.32. The highest BCUT2D eigenvalue weighted by atomic mass is 16.2. The first-order chi connectivity index (χ1) is 13.8. The fourth-order valence-electron chi connectivity index (χ4n) is 4.49. The second-order valence-corrected chi connectivity index (χ2v) is 7.83. The molecule has 1 unspecified atom stereocenters.